The van der Waals surface area contributed by atoms with E-state index in [2.05, 4.69) is 32.1 Å². The van der Waals surface area contributed by atoms with Gasteiger partial charge in [0.15, 0.2) is 10.9 Å². The van der Waals surface area contributed by atoms with Crippen LogP contribution in [0.5, 0.6) is 0 Å². The highest BCUT2D eigenvalue weighted by Gasteiger charge is 2.29. The second-order valence-electron chi connectivity index (χ2n) is 5.71. The zero-order chi connectivity index (χ0) is 15.5. The van der Waals surface area contributed by atoms with Crippen molar-refractivity contribution in [2.75, 3.05) is 25.5 Å². The van der Waals surface area contributed by atoms with Gasteiger partial charge in [0, 0.05) is 37.1 Å². The molecule has 1 fully saturated rings. The van der Waals surface area contributed by atoms with E-state index in [1.165, 1.54) is 17.3 Å². The van der Waals surface area contributed by atoms with Crippen LogP contribution in [-0.2, 0) is 6.54 Å². The second kappa shape index (κ2) is 6.66. The van der Waals surface area contributed by atoms with Gasteiger partial charge >= 0.3 is 0 Å². The van der Waals surface area contributed by atoms with Gasteiger partial charge in [-0.25, -0.2) is 19.3 Å². The van der Waals surface area contributed by atoms with Crippen LogP contribution in [0.2, 0.25) is 0 Å². The maximum Gasteiger partial charge on any atom is 0.182 e. The van der Waals surface area contributed by atoms with Gasteiger partial charge in [0.2, 0.25) is 0 Å². The SMILES string of the molecule is CNc1ncc(CN2CCC(C(C)c3ncc(F)cn3)C2)s1. The second-order valence-corrected chi connectivity index (χ2v) is 6.83. The molecule has 1 aliphatic heterocycles. The number of thiazole rings is 1. The molecule has 0 saturated carbocycles. The highest BCUT2D eigenvalue weighted by atomic mass is 32.1. The van der Waals surface area contributed by atoms with E-state index < -0.39 is 0 Å². The first-order chi connectivity index (χ1) is 10.7. The first kappa shape index (κ1) is 15.3. The molecule has 2 aromatic rings. The van der Waals surface area contributed by atoms with Gasteiger partial charge in [-0.15, -0.1) is 11.3 Å². The number of aromatic nitrogens is 3. The number of nitrogens with zero attached hydrogens (tertiary/aromatic N) is 4. The van der Waals surface area contributed by atoms with Crippen molar-refractivity contribution < 1.29 is 4.39 Å². The van der Waals surface area contributed by atoms with Crippen LogP contribution < -0.4 is 5.32 Å². The summed E-state index contributed by atoms with van der Waals surface area (Å²) in [5, 5.41) is 4.02. The minimum Gasteiger partial charge on any atom is -0.365 e. The van der Waals surface area contributed by atoms with E-state index in [1.54, 1.807) is 11.3 Å². The topological polar surface area (TPSA) is 53.9 Å². The maximum atomic E-state index is 12.9. The lowest BCUT2D eigenvalue weighted by Gasteiger charge is -2.19. The number of hydrogen-bond acceptors (Lipinski definition) is 6. The molecule has 5 nitrogen and oxygen atoms in total. The fourth-order valence-electron chi connectivity index (χ4n) is 2.90. The van der Waals surface area contributed by atoms with Crippen LogP contribution in [0, 0.1) is 11.7 Å². The summed E-state index contributed by atoms with van der Waals surface area (Å²) in [7, 11) is 1.89. The van der Waals surface area contributed by atoms with E-state index >= 15 is 0 Å². The predicted octanol–water partition coefficient (Wildman–Crippen LogP) is 2.74. The largest absolute Gasteiger partial charge is 0.365 e. The minimum atomic E-state index is -0.380. The van der Waals surface area contributed by atoms with Crippen molar-refractivity contribution in [2.45, 2.75) is 25.8 Å². The third-order valence-corrected chi connectivity index (χ3v) is 5.21. The summed E-state index contributed by atoms with van der Waals surface area (Å²) in [6, 6.07) is 0. The van der Waals surface area contributed by atoms with Crippen LogP contribution in [-0.4, -0.2) is 40.0 Å². The van der Waals surface area contributed by atoms with Crippen LogP contribution >= 0.6 is 11.3 Å². The van der Waals surface area contributed by atoms with Gasteiger partial charge in [0.05, 0.1) is 12.4 Å². The molecule has 0 radical (unpaired) electrons. The molecule has 1 aliphatic rings. The molecule has 7 heteroatoms. The molecule has 0 aromatic carbocycles. The Bertz CT molecular complexity index is 615. The van der Waals surface area contributed by atoms with Crippen molar-refractivity contribution in [3.05, 3.63) is 35.1 Å². The number of halogens is 1. The Balaban J connectivity index is 1.58. The van der Waals surface area contributed by atoms with Gasteiger partial charge in [-0.3, -0.25) is 4.90 Å². The molecule has 1 saturated heterocycles. The molecular weight excluding hydrogens is 301 g/mol. The van der Waals surface area contributed by atoms with Gasteiger partial charge in [0.25, 0.3) is 0 Å². The molecule has 0 spiro atoms. The lowest BCUT2D eigenvalue weighted by atomic mass is 9.92. The summed E-state index contributed by atoms with van der Waals surface area (Å²) in [5.74, 6) is 1.13. The fourth-order valence-corrected chi connectivity index (χ4v) is 3.71. The highest BCUT2D eigenvalue weighted by molar-refractivity contribution is 7.15. The summed E-state index contributed by atoms with van der Waals surface area (Å²) in [4.78, 5) is 16.3. The molecule has 118 valence electrons. The van der Waals surface area contributed by atoms with E-state index in [1.807, 2.05) is 13.2 Å². The number of rotatable bonds is 5. The van der Waals surface area contributed by atoms with E-state index in [-0.39, 0.29) is 11.7 Å². The third-order valence-electron chi connectivity index (χ3n) is 4.21. The first-order valence-electron chi connectivity index (χ1n) is 7.48. The van der Waals surface area contributed by atoms with E-state index in [4.69, 9.17) is 0 Å². The van der Waals surface area contributed by atoms with Gasteiger partial charge < -0.3 is 5.32 Å². The van der Waals surface area contributed by atoms with Gasteiger partial charge in [-0.05, 0) is 18.9 Å². The number of likely N-dealkylation sites (tertiary alicyclic amines) is 1. The van der Waals surface area contributed by atoms with Crippen LogP contribution in [0.15, 0.2) is 18.6 Å². The Morgan fingerprint density at radius 2 is 2.14 bits per heavy atom. The minimum absolute atomic E-state index is 0.250. The molecule has 0 aliphatic carbocycles. The normalized spacial score (nSPS) is 20.2. The average molecular weight is 321 g/mol. The Morgan fingerprint density at radius 1 is 1.36 bits per heavy atom. The fraction of sp³-hybridized carbons (Fsp3) is 0.533. The summed E-state index contributed by atoms with van der Waals surface area (Å²) < 4.78 is 12.9. The smallest absolute Gasteiger partial charge is 0.182 e. The monoisotopic (exact) mass is 321 g/mol. The van der Waals surface area contributed by atoms with E-state index in [0.29, 0.717) is 5.92 Å². The number of hydrogen-bond donors (Lipinski definition) is 1. The lowest BCUT2D eigenvalue weighted by molar-refractivity contribution is 0.308. The van der Waals surface area contributed by atoms with Crippen LogP contribution in [0.25, 0.3) is 0 Å². The zero-order valence-corrected chi connectivity index (χ0v) is 13.6. The van der Waals surface area contributed by atoms with E-state index in [0.717, 1.165) is 37.0 Å². The molecule has 3 heterocycles. The van der Waals surface area contributed by atoms with Crippen molar-refractivity contribution in [3.63, 3.8) is 0 Å². The molecule has 2 atom stereocenters. The van der Waals surface area contributed by atoms with E-state index in [9.17, 15) is 4.39 Å². The average Bonchev–Trinajstić information content (AvgIpc) is 3.17. The van der Waals surface area contributed by atoms with Crippen molar-refractivity contribution in [1.29, 1.82) is 0 Å². The zero-order valence-electron chi connectivity index (χ0n) is 12.8. The predicted molar refractivity (Wildman–Crippen MR) is 85.4 cm³/mol. The molecule has 2 aromatic heterocycles. The van der Waals surface area contributed by atoms with Crippen molar-refractivity contribution in [2.24, 2.45) is 5.92 Å². The van der Waals surface area contributed by atoms with Gasteiger partial charge in [-0.1, -0.05) is 6.92 Å². The Hall–Kier alpha value is -1.60. The van der Waals surface area contributed by atoms with Crippen LogP contribution in [0.3, 0.4) is 0 Å². The van der Waals surface area contributed by atoms with Crippen molar-refractivity contribution in [3.8, 4) is 0 Å². The molecule has 2 unspecified atom stereocenters. The highest BCUT2D eigenvalue weighted by Crippen LogP contribution is 2.31. The third kappa shape index (κ3) is 3.41. The van der Waals surface area contributed by atoms with Crippen molar-refractivity contribution >= 4 is 16.5 Å². The van der Waals surface area contributed by atoms with Crippen molar-refractivity contribution in [1.82, 2.24) is 19.9 Å². The molecule has 0 amide bonds. The Morgan fingerprint density at radius 3 is 2.82 bits per heavy atom. The molecular formula is C15H20FN5S. The Kier molecular flexibility index (Phi) is 4.63. The summed E-state index contributed by atoms with van der Waals surface area (Å²) in [5.41, 5.74) is 0. The number of nitrogens with one attached hydrogen (secondary N) is 1. The summed E-state index contributed by atoms with van der Waals surface area (Å²) in [6.45, 7) is 5.16. The molecule has 1 N–H and O–H groups in total. The Labute approximate surface area is 133 Å². The quantitative estimate of drug-likeness (QED) is 0.918. The standard InChI is InChI=1S/C15H20FN5S/c1-10(14-18-5-12(16)6-19-14)11-3-4-21(8-11)9-13-7-20-15(17-2)22-13/h5-7,10-11H,3-4,8-9H2,1-2H3,(H,17,20). The summed E-state index contributed by atoms with van der Waals surface area (Å²) in [6.07, 6.45) is 5.57. The van der Waals surface area contributed by atoms with Gasteiger partial charge in [0.1, 0.15) is 5.82 Å². The summed E-state index contributed by atoms with van der Waals surface area (Å²) >= 11 is 1.70. The molecule has 0 bridgehead atoms. The number of anilines is 1. The first-order valence-corrected chi connectivity index (χ1v) is 8.29. The maximum absolute atomic E-state index is 12.9. The lowest BCUT2D eigenvalue weighted by Crippen LogP contribution is -2.21. The van der Waals surface area contributed by atoms with Gasteiger partial charge in [-0.2, -0.15) is 0 Å². The van der Waals surface area contributed by atoms with Crippen LogP contribution in [0.4, 0.5) is 9.52 Å². The molecule has 3 rings (SSSR count). The van der Waals surface area contributed by atoms with Crippen LogP contribution in [0.1, 0.15) is 30.0 Å². The molecule has 22 heavy (non-hydrogen) atoms.